The van der Waals surface area contributed by atoms with Gasteiger partial charge in [-0.3, -0.25) is 4.79 Å². The van der Waals surface area contributed by atoms with E-state index in [0.717, 1.165) is 9.99 Å². The summed E-state index contributed by atoms with van der Waals surface area (Å²) in [5, 5.41) is 0. The summed E-state index contributed by atoms with van der Waals surface area (Å²) in [5.74, 6) is 0.378. The number of Topliss-reactive ketones (excluding diaryl/α,β-unsaturated/α-hetero) is 1. The van der Waals surface area contributed by atoms with Crippen LogP contribution in [0.4, 0.5) is 0 Å². The predicted molar refractivity (Wildman–Crippen MR) is 77.3 cm³/mol. The first-order valence-electron chi connectivity index (χ1n) is 5.33. The Kier molecular flexibility index (Phi) is 3.90. The van der Waals surface area contributed by atoms with E-state index in [1.807, 2.05) is 13.0 Å². The van der Waals surface area contributed by atoms with Crippen molar-refractivity contribution in [2.75, 3.05) is 0 Å². The molecule has 0 amide bonds. The average molecular weight is 385 g/mol. The maximum atomic E-state index is 12.4. The highest BCUT2D eigenvalue weighted by Gasteiger charge is 2.48. The molecular weight excluding hydrogens is 374 g/mol. The third kappa shape index (κ3) is 2.29. The lowest BCUT2D eigenvalue weighted by Crippen LogP contribution is -2.48. The quantitative estimate of drug-likeness (QED) is 0.564. The zero-order valence-corrected chi connectivity index (χ0v) is 12.8. The summed E-state index contributed by atoms with van der Waals surface area (Å²) in [6.45, 7) is 1.96. The highest BCUT2D eigenvalue weighted by Crippen LogP contribution is 2.42. The molecule has 0 aromatic heterocycles. The van der Waals surface area contributed by atoms with Crippen molar-refractivity contribution in [3.8, 4) is 5.75 Å². The van der Waals surface area contributed by atoms with Crippen LogP contribution in [0.1, 0.15) is 30.1 Å². The first-order valence-corrected chi connectivity index (χ1v) is 7.22. The molecule has 2 rings (SSSR count). The molecule has 1 aliphatic heterocycles. The predicted octanol–water partition coefficient (Wildman–Crippen LogP) is 4.21. The van der Waals surface area contributed by atoms with Crippen molar-refractivity contribution in [3.63, 3.8) is 0 Å². The highest BCUT2D eigenvalue weighted by atomic mass is 127. The maximum absolute atomic E-state index is 12.4. The van der Waals surface area contributed by atoms with Crippen molar-refractivity contribution in [1.29, 1.82) is 0 Å². The lowest BCUT2D eigenvalue weighted by atomic mass is 9.90. The van der Waals surface area contributed by atoms with Crippen LogP contribution in [-0.4, -0.2) is 16.2 Å². The van der Waals surface area contributed by atoms with Crippen LogP contribution in [-0.2, 0) is 0 Å². The summed E-state index contributed by atoms with van der Waals surface area (Å²) in [5.41, 5.74) is -0.290. The third-order valence-electron chi connectivity index (χ3n) is 2.77. The number of hydrogen-bond donors (Lipinski definition) is 0. The van der Waals surface area contributed by atoms with Crippen LogP contribution in [0.25, 0.3) is 0 Å². The van der Waals surface area contributed by atoms with Crippen molar-refractivity contribution >= 4 is 51.6 Å². The monoisotopic (exact) mass is 384 g/mol. The second-order valence-corrected chi connectivity index (χ2v) is 6.33. The largest absolute Gasteiger partial charge is 0.472 e. The Balaban J connectivity index is 2.48. The van der Waals surface area contributed by atoms with Crippen molar-refractivity contribution in [3.05, 3.63) is 27.3 Å². The molecule has 1 heterocycles. The van der Waals surface area contributed by atoms with E-state index >= 15 is 0 Å². The number of ketones is 1. The lowest BCUT2D eigenvalue weighted by molar-refractivity contribution is 0.0817. The first-order chi connectivity index (χ1) is 7.99. The SMILES string of the molecule is CCCC1(Cl)C(=O)c2cc(I)ccc2OC1Cl. The van der Waals surface area contributed by atoms with Gasteiger partial charge in [0.15, 0.2) is 16.2 Å². The Morgan fingerprint density at radius 2 is 2.24 bits per heavy atom. The normalized spacial score (nSPS) is 27.5. The molecule has 5 heteroatoms. The molecule has 1 aliphatic rings. The third-order valence-corrected chi connectivity index (χ3v) is 4.57. The minimum atomic E-state index is -1.15. The van der Waals surface area contributed by atoms with E-state index < -0.39 is 10.4 Å². The van der Waals surface area contributed by atoms with E-state index in [4.69, 9.17) is 27.9 Å². The van der Waals surface area contributed by atoms with Gasteiger partial charge in [-0.1, -0.05) is 24.9 Å². The fourth-order valence-corrected chi connectivity index (χ4v) is 3.04. The minimum absolute atomic E-state index is 0.138. The Morgan fingerprint density at radius 3 is 2.88 bits per heavy atom. The van der Waals surface area contributed by atoms with E-state index in [1.165, 1.54) is 0 Å². The van der Waals surface area contributed by atoms with Gasteiger partial charge in [-0.2, -0.15) is 0 Å². The first kappa shape index (κ1) is 13.4. The van der Waals surface area contributed by atoms with E-state index in [-0.39, 0.29) is 5.78 Å². The Bertz CT molecular complexity index is 464. The van der Waals surface area contributed by atoms with Gasteiger partial charge in [-0.05, 0) is 47.2 Å². The van der Waals surface area contributed by atoms with E-state index in [9.17, 15) is 4.79 Å². The van der Waals surface area contributed by atoms with E-state index in [1.54, 1.807) is 12.1 Å². The summed E-state index contributed by atoms with van der Waals surface area (Å²) < 4.78 is 6.51. The Labute approximate surface area is 124 Å². The van der Waals surface area contributed by atoms with Gasteiger partial charge in [0, 0.05) is 3.57 Å². The van der Waals surface area contributed by atoms with Gasteiger partial charge in [-0.25, -0.2) is 0 Å². The van der Waals surface area contributed by atoms with Crippen LogP contribution in [0.3, 0.4) is 0 Å². The summed E-state index contributed by atoms with van der Waals surface area (Å²) in [6, 6.07) is 5.41. The van der Waals surface area contributed by atoms with Crippen molar-refractivity contribution in [2.24, 2.45) is 0 Å². The van der Waals surface area contributed by atoms with Crippen molar-refractivity contribution in [1.82, 2.24) is 0 Å². The Hall–Kier alpha value is -0.000000000000000111. The van der Waals surface area contributed by atoms with E-state index in [0.29, 0.717) is 17.7 Å². The molecule has 0 aliphatic carbocycles. The second kappa shape index (κ2) is 4.94. The number of carbonyl (C=O) groups excluding carboxylic acids is 1. The molecule has 17 heavy (non-hydrogen) atoms. The maximum Gasteiger partial charge on any atom is 0.198 e. The molecule has 0 N–H and O–H groups in total. The van der Waals surface area contributed by atoms with Gasteiger partial charge in [0.05, 0.1) is 5.56 Å². The summed E-state index contributed by atoms with van der Waals surface area (Å²) >= 11 is 14.6. The summed E-state index contributed by atoms with van der Waals surface area (Å²) in [4.78, 5) is 11.2. The van der Waals surface area contributed by atoms with Crippen LogP contribution in [0.5, 0.6) is 5.75 Å². The second-order valence-electron chi connectivity index (χ2n) is 4.02. The Morgan fingerprint density at radius 1 is 1.53 bits per heavy atom. The molecule has 2 atom stereocenters. The number of ether oxygens (including phenoxy) is 1. The molecule has 2 unspecified atom stereocenters. The van der Waals surface area contributed by atoms with Crippen molar-refractivity contribution < 1.29 is 9.53 Å². The molecule has 1 aromatic carbocycles. The number of hydrogen-bond acceptors (Lipinski definition) is 2. The zero-order chi connectivity index (χ0) is 12.6. The molecule has 0 spiro atoms. The van der Waals surface area contributed by atoms with Crippen LogP contribution >= 0.6 is 45.8 Å². The fourth-order valence-electron chi connectivity index (χ4n) is 1.91. The number of alkyl halides is 2. The van der Waals surface area contributed by atoms with Gasteiger partial charge in [0.1, 0.15) is 5.75 Å². The standard InChI is InChI=1S/C12H11Cl2IO2/c1-2-5-12(14)10(16)8-6-7(15)3-4-9(8)17-11(12)13/h3-4,6,11H,2,5H2,1H3. The van der Waals surface area contributed by atoms with E-state index in [2.05, 4.69) is 22.6 Å². The topological polar surface area (TPSA) is 26.3 Å². The zero-order valence-electron chi connectivity index (χ0n) is 9.17. The van der Waals surface area contributed by atoms with Crippen LogP contribution in [0.15, 0.2) is 18.2 Å². The molecule has 0 fully saturated rings. The molecule has 2 nitrogen and oxygen atoms in total. The fraction of sp³-hybridized carbons (Fsp3) is 0.417. The lowest BCUT2D eigenvalue weighted by Gasteiger charge is -2.35. The summed E-state index contributed by atoms with van der Waals surface area (Å²) in [6.07, 6.45) is 1.29. The number of halogens is 3. The average Bonchev–Trinajstić information content (AvgIpc) is 2.29. The molecule has 92 valence electrons. The smallest absolute Gasteiger partial charge is 0.198 e. The summed E-state index contributed by atoms with van der Waals surface area (Å²) in [7, 11) is 0. The molecular formula is C12H11Cl2IO2. The van der Waals surface area contributed by atoms with Crippen LogP contribution < -0.4 is 4.74 Å². The van der Waals surface area contributed by atoms with Gasteiger partial charge < -0.3 is 4.74 Å². The van der Waals surface area contributed by atoms with Gasteiger partial charge in [0.25, 0.3) is 0 Å². The van der Waals surface area contributed by atoms with Crippen LogP contribution in [0, 0.1) is 3.57 Å². The minimum Gasteiger partial charge on any atom is -0.472 e. The molecule has 0 bridgehead atoms. The highest BCUT2D eigenvalue weighted by molar-refractivity contribution is 14.1. The van der Waals surface area contributed by atoms with Gasteiger partial charge >= 0.3 is 0 Å². The molecule has 1 aromatic rings. The number of fused-ring (bicyclic) bond motifs is 1. The number of benzene rings is 1. The number of rotatable bonds is 2. The van der Waals surface area contributed by atoms with Gasteiger partial charge in [-0.15, -0.1) is 11.6 Å². The molecule has 0 saturated heterocycles. The molecule has 0 saturated carbocycles. The van der Waals surface area contributed by atoms with Gasteiger partial charge in [0.2, 0.25) is 0 Å². The number of carbonyl (C=O) groups is 1. The van der Waals surface area contributed by atoms with Crippen molar-refractivity contribution in [2.45, 2.75) is 30.2 Å². The van der Waals surface area contributed by atoms with Crippen LogP contribution in [0.2, 0.25) is 0 Å². The molecule has 0 radical (unpaired) electrons.